The summed E-state index contributed by atoms with van der Waals surface area (Å²) in [6.45, 7) is 0. The molecule has 3 rings (SSSR count). The number of carbonyl (C=O) groups excluding carboxylic acids is 2. The van der Waals surface area contributed by atoms with Gasteiger partial charge in [-0.1, -0.05) is 46.3 Å². The van der Waals surface area contributed by atoms with E-state index >= 15 is 0 Å². The minimum Gasteiger partial charge on any atom is -0.386 e. The van der Waals surface area contributed by atoms with Crippen LogP contribution in [0, 0.1) is 0 Å². The lowest BCUT2D eigenvalue weighted by Crippen LogP contribution is -2.21. The zero-order valence-electron chi connectivity index (χ0n) is 10.3. The van der Waals surface area contributed by atoms with E-state index in [0.29, 0.717) is 16.7 Å². The summed E-state index contributed by atoms with van der Waals surface area (Å²) in [4.78, 5) is 23.6. The molecule has 0 spiro atoms. The van der Waals surface area contributed by atoms with Crippen molar-refractivity contribution in [3.8, 4) is 0 Å². The summed E-state index contributed by atoms with van der Waals surface area (Å²) >= 11 is 3.36. The monoisotopic (exact) mass is 328 g/mol. The number of rotatable bonds is 1. The van der Waals surface area contributed by atoms with E-state index in [1.54, 1.807) is 30.3 Å². The van der Waals surface area contributed by atoms with Crippen LogP contribution in [0.2, 0.25) is 0 Å². The molecule has 1 aliphatic heterocycles. The molecular formula is C16H9BrO3. The molecule has 4 heteroatoms. The van der Waals surface area contributed by atoms with Gasteiger partial charge in [0.15, 0.2) is 0 Å². The Morgan fingerprint density at radius 3 is 2.20 bits per heavy atom. The summed E-state index contributed by atoms with van der Waals surface area (Å²) in [6.07, 6.45) is 1.72. The number of esters is 2. The van der Waals surface area contributed by atoms with Crippen molar-refractivity contribution in [1.82, 2.24) is 0 Å². The molecule has 1 aliphatic rings. The van der Waals surface area contributed by atoms with E-state index in [-0.39, 0.29) is 0 Å². The Labute approximate surface area is 124 Å². The van der Waals surface area contributed by atoms with Gasteiger partial charge < -0.3 is 4.74 Å². The molecule has 0 unspecified atom stereocenters. The van der Waals surface area contributed by atoms with Crippen molar-refractivity contribution < 1.29 is 14.3 Å². The molecular weight excluding hydrogens is 320 g/mol. The fourth-order valence-corrected chi connectivity index (χ4v) is 2.33. The van der Waals surface area contributed by atoms with Gasteiger partial charge in [-0.05, 0) is 29.8 Å². The van der Waals surface area contributed by atoms with Crippen LogP contribution >= 0.6 is 15.9 Å². The van der Waals surface area contributed by atoms with Gasteiger partial charge in [-0.3, -0.25) is 0 Å². The highest BCUT2D eigenvalue weighted by Crippen LogP contribution is 2.28. The second-order valence-corrected chi connectivity index (χ2v) is 5.25. The molecule has 0 aromatic heterocycles. The van der Waals surface area contributed by atoms with Gasteiger partial charge in [0.25, 0.3) is 0 Å². The molecule has 0 saturated heterocycles. The predicted molar refractivity (Wildman–Crippen MR) is 78.9 cm³/mol. The maximum atomic E-state index is 11.9. The zero-order valence-corrected chi connectivity index (χ0v) is 11.9. The molecule has 0 fully saturated rings. The standard InChI is InChI=1S/C16H9BrO3/c17-11-7-5-10(6-8-11)9-14-12-3-1-2-4-13(12)15(18)20-16(14)19/h1-9H. The van der Waals surface area contributed by atoms with Gasteiger partial charge in [-0.15, -0.1) is 0 Å². The molecule has 20 heavy (non-hydrogen) atoms. The van der Waals surface area contributed by atoms with Crippen molar-refractivity contribution in [2.24, 2.45) is 0 Å². The first-order valence-corrected chi connectivity index (χ1v) is 6.77. The van der Waals surface area contributed by atoms with E-state index in [2.05, 4.69) is 15.9 Å². The predicted octanol–water partition coefficient (Wildman–Crippen LogP) is 3.69. The molecule has 0 bridgehead atoms. The second-order valence-electron chi connectivity index (χ2n) is 4.33. The van der Waals surface area contributed by atoms with Crippen molar-refractivity contribution in [2.75, 3.05) is 0 Å². The Balaban J connectivity index is 2.13. The minimum atomic E-state index is -0.614. The molecule has 0 atom stereocenters. The largest absolute Gasteiger partial charge is 0.386 e. The first-order valence-electron chi connectivity index (χ1n) is 5.98. The highest BCUT2D eigenvalue weighted by Gasteiger charge is 2.28. The smallest absolute Gasteiger partial charge is 0.346 e. The van der Waals surface area contributed by atoms with Crippen LogP contribution in [0.1, 0.15) is 21.5 Å². The Morgan fingerprint density at radius 1 is 0.850 bits per heavy atom. The van der Waals surface area contributed by atoms with Crippen molar-refractivity contribution in [1.29, 1.82) is 0 Å². The number of hydrogen-bond donors (Lipinski definition) is 0. The molecule has 3 nitrogen and oxygen atoms in total. The summed E-state index contributed by atoms with van der Waals surface area (Å²) in [5, 5.41) is 0. The van der Waals surface area contributed by atoms with Crippen LogP contribution < -0.4 is 0 Å². The lowest BCUT2D eigenvalue weighted by molar-refractivity contribution is -0.131. The third-order valence-corrected chi connectivity index (χ3v) is 3.55. The third-order valence-electron chi connectivity index (χ3n) is 3.02. The number of benzene rings is 2. The topological polar surface area (TPSA) is 43.4 Å². The second kappa shape index (κ2) is 5.06. The average Bonchev–Trinajstić information content (AvgIpc) is 2.45. The van der Waals surface area contributed by atoms with E-state index in [9.17, 15) is 9.59 Å². The lowest BCUT2D eigenvalue weighted by Gasteiger charge is -2.16. The van der Waals surface area contributed by atoms with Gasteiger partial charge in [0.05, 0.1) is 11.1 Å². The van der Waals surface area contributed by atoms with Crippen LogP contribution in [-0.2, 0) is 9.53 Å². The Morgan fingerprint density at radius 2 is 1.50 bits per heavy atom. The van der Waals surface area contributed by atoms with E-state index in [0.717, 1.165) is 10.0 Å². The summed E-state index contributed by atoms with van der Waals surface area (Å²) < 4.78 is 5.73. The molecule has 1 heterocycles. The maximum absolute atomic E-state index is 11.9. The highest BCUT2D eigenvalue weighted by molar-refractivity contribution is 9.10. The molecule has 0 saturated carbocycles. The van der Waals surface area contributed by atoms with Gasteiger partial charge in [0.1, 0.15) is 0 Å². The van der Waals surface area contributed by atoms with Crippen molar-refractivity contribution in [3.63, 3.8) is 0 Å². The van der Waals surface area contributed by atoms with Crippen LogP contribution in [0.15, 0.2) is 53.0 Å². The Hall–Kier alpha value is -2.20. The fourth-order valence-electron chi connectivity index (χ4n) is 2.06. The summed E-state index contributed by atoms with van der Waals surface area (Å²) in [6, 6.07) is 14.5. The summed E-state index contributed by atoms with van der Waals surface area (Å²) in [5.74, 6) is -1.21. The van der Waals surface area contributed by atoms with Crippen LogP contribution in [0.3, 0.4) is 0 Å². The van der Waals surface area contributed by atoms with E-state index in [4.69, 9.17) is 4.74 Å². The number of halogens is 1. The molecule has 0 aliphatic carbocycles. The van der Waals surface area contributed by atoms with Crippen molar-refractivity contribution in [3.05, 3.63) is 69.7 Å². The van der Waals surface area contributed by atoms with Gasteiger partial charge >= 0.3 is 11.9 Å². The van der Waals surface area contributed by atoms with Crippen LogP contribution in [0.5, 0.6) is 0 Å². The molecule has 98 valence electrons. The summed E-state index contributed by atoms with van der Waals surface area (Å²) in [7, 11) is 0. The third kappa shape index (κ3) is 2.30. The van der Waals surface area contributed by atoms with E-state index < -0.39 is 11.9 Å². The highest BCUT2D eigenvalue weighted by atomic mass is 79.9. The minimum absolute atomic E-state index is 0.391. The maximum Gasteiger partial charge on any atom is 0.346 e. The van der Waals surface area contributed by atoms with Crippen LogP contribution in [-0.4, -0.2) is 11.9 Å². The van der Waals surface area contributed by atoms with Crippen LogP contribution in [0.4, 0.5) is 0 Å². The molecule has 0 radical (unpaired) electrons. The fraction of sp³-hybridized carbons (Fsp3) is 0. The quantitative estimate of drug-likeness (QED) is 0.455. The summed E-state index contributed by atoms with van der Waals surface area (Å²) in [5.41, 5.74) is 2.28. The first kappa shape index (κ1) is 12.8. The van der Waals surface area contributed by atoms with Gasteiger partial charge in [-0.25, -0.2) is 9.59 Å². The van der Waals surface area contributed by atoms with E-state index in [1.807, 2.05) is 24.3 Å². The number of cyclic esters (lactones) is 2. The van der Waals surface area contributed by atoms with Gasteiger partial charge in [0.2, 0.25) is 0 Å². The SMILES string of the molecule is O=C1OC(=O)c2ccccc2C1=Cc1ccc(Br)cc1. The average molecular weight is 329 g/mol. The lowest BCUT2D eigenvalue weighted by atomic mass is 9.96. The van der Waals surface area contributed by atoms with Crippen molar-refractivity contribution >= 4 is 39.5 Å². The Kier molecular flexibility index (Phi) is 3.24. The molecule has 0 N–H and O–H groups in total. The van der Waals surface area contributed by atoms with Gasteiger partial charge in [-0.2, -0.15) is 0 Å². The molecule has 2 aromatic carbocycles. The van der Waals surface area contributed by atoms with E-state index in [1.165, 1.54) is 0 Å². The zero-order chi connectivity index (χ0) is 14.1. The van der Waals surface area contributed by atoms with Crippen LogP contribution in [0.25, 0.3) is 11.6 Å². The number of hydrogen-bond acceptors (Lipinski definition) is 3. The number of carbonyl (C=O) groups is 2. The van der Waals surface area contributed by atoms with Gasteiger partial charge in [0, 0.05) is 10.0 Å². The first-order chi connectivity index (χ1) is 9.65. The number of ether oxygens (including phenoxy) is 1. The number of fused-ring (bicyclic) bond motifs is 1. The molecule has 0 amide bonds. The molecule has 2 aromatic rings. The normalized spacial score (nSPS) is 15.9. The van der Waals surface area contributed by atoms with Crippen molar-refractivity contribution in [2.45, 2.75) is 0 Å². The Bertz CT molecular complexity index is 730.